The van der Waals surface area contributed by atoms with Gasteiger partial charge in [-0.1, -0.05) is 6.07 Å². The highest BCUT2D eigenvalue weighted by Crippen LogP contribution is 2.24. The average molecular weight is 335 g/mol. The minimum absolute atomic E-state index is 0.00848. The van der Waals surface area contributed by atoms with Crippen molar-refractivity contribution in [3.8, 4) is 0 Å². The maximum absolute atomic E-state index is 12.2. The van der Waals surface area contributed by atoms with Crippen LogP contribution in [0, 0.1) is 0 Å². The Balaban J connectivity index is 1.46. The first kappa shape index (κ1) is 17.3. The van der Waals surface area contributed by atoms with Gasteiger partial charge in [-0.25, -0.2) is 0 Å². The van der Waals surface area contributed by atoms with Crippen LogP contribution in [-0.4, -0.2) is 70.1 Å². The quantitative estimate of drug-likeness (QED) is 0.659. The van der Waals surface area contributed by atoms with Gasteiger partial charge in [0.05, 0.1) is 24.3 Å². The van der Waals surface area contributed by atoms with Gasteiger partial charge in [0.1, 0.15) is 12.2 Å². The van der Waals surface area contributed by atoms with Crippen molar-refractivity contribution in [1.82, 2.24) is 15.2 Å². The molecule has 7 heteroatoms. The number of nitrogens with zero attached hydrogens (tertiary/aromatic N) is 2. The zero-order chi connectivity index (χ0) is 16.9. The molecule has 2 aliphatic heterocycles. The molecule has 1 amide bonds. The lowest BCUT2D eigenvalue weighted by atomic mass is 10.1. The van der Waals surface area contributed by atoms with Gasteiger partial charge in [0.25, 0.3) is 0 Å². The number of aliphatic hydroxyl groups is 2. The number of aliphatic hydroxyl groups excluding tert-OH is 2. The van der Waals surface area contributed by atoms with Gasteiger partial charge in [0.2, 0.25) is 5.91 Å². The molecular weight excluding hydrogens is 310 g/mol. The third kappa shape index (κ3) is 4.10. The standard InChI is InChI=1S/C17H25N3O4/c21-15(20-7-3-4-8-20)9-13-16(22)17(23)14(24-13)11-18-10-12-5-1-2-6-19-12/h1-2,5-6,13-14,16-18,22-23H,3-4,7-11H2/t13-,14-,16-,17+/m0/s1. The second-order valence-electron chi connectivity index (χ2n) is 6.44. The number of hydrogen-bond acceptors (Lipinski definition) is 6. The van der Waals surface area contributed by atoms with Crippen LogP contribution in [0.4, 0.5) is 0 Å². The Kier molecular flexibility index (Phi) is 5.78. The number of rotatable bonds is 6. The molecule has 24 heavy (non-hydrogen) atoms. The zero-order valence-electron chi connectivity index (χ0n) is 13.7. The van der Waals surface area contributed by atoms with Gasteiger partial charge >= 0.3 is 0 Å². The number of pyridine rings is 1. The molecule has 0 aromatic carbocycles. The number of hydrogen-bond donors (Lipinski definition) is 3. The van der Waals surface area contributed by atoms with E-state index in [1.165, 1.54) is 0 Å². The van der Waals surface area contributed by atoms with Gasteiger partial charge in [-0.2, -0.15) is 0 Å². The molecule has 3 N–H and O–H groups in total. The van der Waals surface area contributed by atoms with E-state index < -0.39 is 24.4 Å². The first-order valence-electron chi connectivity index (χ1n) is 8.55. The van der Waals surface area contributed by atoms with Crippen LogP contribution >= 0.6 is 0 Å². The number of carbonyl (C=O) groups is 1. The van der Waals surface area contributed by atoms with Crippen LogP contribution in [0.5, 0.6) is 0 Å². The van der Waals surface area contributed by atoms with Gasteiger partial charge in [0.15, 0.2) is 0 Å². The van der Waals surface area contributed by atoms with Crippen molar-refractivity contribution in [3.63, 3.8) is 0 Å². The lowest BCUT2D eigenvalue weighted by Gasteiger charge is -2.19. The van der Waals surface area contributed by atoms with Gasteiger partial charge in [-0.05, 0) is 25.0 Å². The highest BCUT2D eigenvalue weighted by atomic mass is 16.5. The lowest BCUT2D eigenvalue weighted by molar-refractivity contribution is -0.134. The zero-order valence-corrected chi connectivity index (χ0v) is 13.7. The molecule has 0 radical (unpaired) electrons. The van der Waals surface area contributed by atoms with Crippen LogP contribution in [0.1, 0.15) is 25.0 Å². The summed E-state index contributed by atoms with van der Waals surface area (Å²) in [5, 5.41) is 23.5. The molecule has 0 unspecified atom stereocenters. The smallest absolute Gasteiger partial charge is 0.225 e. The third-order valence-electron chi connectivity index (χ3n) is 4.67. The Morgan fingerprint density at radius 2 is 2.00 bits per heavy atom. The number of nitrogens with one attached hydrogen (secondary N) is 1. The van der Waals surface area contributed by atoms with Gasteiger partial charge in [-0.3, -0.25) is 9.78 Å². The van der Waals surface area contributed by atoms with Crippen LogP contribution in [0.25, 0.3) is 0 Å². The Hall–Kier alpha value is -1.54. The van der Waals surface area contributed by atoms with Crippen molar-refractivity contribution in [1.29, 1.82) is 0 Å². The summed E-state index contributed by atoms with van der Waals surface area (Å²) in [6.45, 7) is 2.50. The van der Waals surface area contributed by atoms with Crippen molar-refractivity contribution >= 4 is 5.91 Å². The van der Waals surface area contributed by atoms with Crippen molar-refractivity contribution in [2.45, 2.75) is 50.2 Å². The van der Waals surface area contributed by atoms with E-state index in [-0.39, 0.29) is 12.3 Å². The summed E-state index contributed by atoms with van der Waals surface area (Å²) < 4.78 is 5.72. The molecule has 0 aliphatic carbocycles. The number of likely N-dealkylation sites (tertiary alicyclic amines) is 1. The normalized spacial score (nSPS) is 30.0. The molecule has 2 aliphatic rings. The second kappa shape index (κ2) is 8.02. The first-order valence-corrected chi connectivity index (χ1v) is 8.55. The fraction of sp³-hybridized carbons (Fsp3) is 0.647. The summed E-state index contributed by atoms with van der Waals surface area (Å²) in [6.07, 6.45) is 0.715. The lowest BCUT2D eigenvalue weighted by Crippen LogP contribution is -2.38. The molecule has 2 saturated heterocycles. The van der Waals surface area contributed by atoms with Crippen LogP contribution < -0.4 is 5.32 Å². The molecular formula is C17H25N3O4. The highest BCUT2D eigenvalue weighted by Gasteiger charge is 2.43. The fourth-order valence-electron chi connectivity index (χ4n) is 3.28. The van der Waals surface area contributed by atoms with Crippen molar-refractivity contribution in [2.24, 2.45) is 0 Å². The molecule has 0 spiro atoms. The molecule has 3 rings (SSSR count). The molecule has 1 aromatic rings. The van der Waals surface area contributed by atoms with Crippen molar-refractivity contribution in [3.05, 3.63) is 30.1 Å². The fourth-order valence-corrected chi connectivity index (χ4v) is 3.28. The third-order valence-corrected chi connectivity index (χ3v) is 4.67. The van der Waals surface area contributed by atoms with Crippen LogP contribution in [-0.2, 0) is 16.1 Å². The number of aromatic nitrogens is 1. The minimum Gasteiger partial charge on any atom is -0.388 e. The summed E-state index contributed by atoms with van der Waals surface area (Å²) in [5.74, 6) is -0.00848. The predicted molar refractivity (Wildman–Crippen MR) is 87.0 cm³/mol. The number of amides is 1. The highest BCUT2D eigenvalue weighted by molar-refractivity contribution is 5.77. The Morgan fingerprint density at radius 1 is 1.25 bits per heavy atom. The first-order chi connectivity index (χ1) is 11.6. The Morgan fingerprint density at radius 3 is 2.71 bits per heavy atom. The molecule has 0 saturated carbocycles. The molecule has 1 aromatic heterocycles. The van der Waals surface area contributed by atoms with E-state index in [1.54, 1.807) is 11.1 Å². The second-order valence-corrected chi connectivity index (χ2v) is 6.44. The molecule has 0 bridgehead atoms. The minimum atomic E-state index is -1.03. The largest absolute Gasteiger partial charge is 0.388 e. The molecule has 132 valence electrons. The predicted octanol–water partition coefficient (Wildman–Crippen LogP) is -0.327. The maximum atomic E-state index is 12.2. The molecule has 7 nitrogen and oxygen atoms in total. The van der Waals surface area contributed by atoms with Crippen LogP contribution in [0.2, 0.25) is 0 Å². The Bertz CT molecular complexity index is 536. The van der Waals surface area contributed by atoms with Crippen molar-refractivity contribution in [2.75, 3.05) is 19.6 Å². The SMILES string of the molecule is O=C(C[C@@H]1O[C@@H](CNCc2ccccn2)[C@@H](O)[C@H]1O)N1CCCC1. The van der Waals surface area contributed by atoms with E-state index in [0.717, 1.165) is 31.6 Å². The Labute approximate surface area is 141 Å². The summed E-state index contributed by atoms with van der Waals surface area (Å²) in [7, 11) is 0. The van der Waals surface area contributed by atoms with Crippen LogP contribution in [0.3, 0.4) is 0 Å². The van der Waals surface area contributed by atoms with Crippen LogP contribution in [0.15, 0.2) is 24.4 Å². The molecule has 2 fully saturated rings. The van der Waals surface area contributed by atoms with E-state index in [9.17, 15) is 15.0 Å². The van der Waals surface area contributed by atoms with E-state index in [1.807, 2.05) is 18.2 Å². The number of ether oxygens (including phenoxy) is 1. The number of carbonyl (C=O) groups excluding carboxylic acids is 1. The topological polar surface area (TPSA) is 94.9 Å². The summed E-state index contributed by atoms with van der Waals surface area (Å²) in [5.41, 5.74) is 0.895. The summed E-state index contributed by atoms with van der Waals surface area (Å²) in [6, 6.07) is 5.67. The monoisotopic (exact) mass is 335 g/mol. The molecule has 4 atom stereocenters. The summed E-state index contributed by atoms with van der Waals surface area (Å²) >= 11 is 0. The van der Waals surface area contributed by atoms with Crippen molar-refractivity contribution < 1.29 is 19.7 Å². The van der Waals surface area contributed by atoms with E-state index >= 15 is 0 Å². The van der Waals surface area contributed by atoms with E-state index in [4.69, 9.17) is 4.74 Å². The van der Waals surface area contributed by atoms with E-state index in [2.05, 4.69) is 10.3 Å². The summed E-state index contributed by atoms with van der Waals surface area (Å²) in [4.78, 5) is 18.2. The van der Waals surface area contributed by atoms with E-state index in [0.29, 0.717) is 13.1 Å². The van der Waals surface area contributed by atoms with Gasteiger partial charge < -0.3 is 25.2 Å². The van der Waals surface area contributed by atoms with Gasteiger partial charge in [0, 0.05) is 32.4 Å². The van der Waals surface area contributed by atoms with Gasteiger partial charge in [-0.15, -0.1) is 0 Å². The molecule has 3 heterocycles. The average Bonchev–Trinajstić information content (AvgIpc) is 3.21. The maximum Gasteiger partial charge on any atom is 0.225 e.